The highest BCUT2D eigenvalue weighted by atomic mass is 16.5. The Hall–Kier alpha value is -2.75. The third-order valence-electron chi connectivity index (χ3n) is 3.98. The van der Waals surface area contributed by atoms with Crippen LogP contribution in [0.5, 0.6) is 0 Å². The van der Waals surface area contributed by atoms with Crippen LogP contribution in [-0.2, 0) is 17.6 Å². The van der Waals surface area contributed by atoms with Crippen molar-refractivity contribution in [3.05, 3.63) is 70.3 Å². The van der Waals surface area contributed by atoms with Crippen molar-refractivity contribution in [3.63, 3.8) is 0 Å². The Bertz CT molecular complexity index is 768. The van der Waals surface area contributed by atoms with Crippen LogP contribution in [0.1, 0.15) is 46.5 Å². The van der Waals surface area contributed by atoms with E-state index >= 15 is 0 Å². The van der Waals surface area contributed by atoms with E-state index in [9.17, 15) is 4.79 Å². The predicted molar refractivity (Wildman–Crippen MR) is 103 cm³/mol. The number of aryl methyl sites for hydroxylation is 3. The number of nitrogens with zero attached hydrogens (tertiary/aromatic N) is 2. The molecule has 0 aromatic heterocycles. The number of hydrogen-bond acceptors (Lipinski definition) is 4. The number of methoxy groups -OCH3 is 1. The van der Waals surface area contributed by atoms with Gasteiger partial charge in [-0.2, -0.15) is 5.10 Å². The molecular weight excluding hydrogens is 312 g/mol. The topological polar surface area (TPSA) is 51.0 Å². The zero-order valence-electron chi connectivity index (χ0n) is 15.2. The Morgan fingerprint density at radius 2 is 1.68 bits per heavy atom. The van der Waals surface area contributed by atoms with Gasteiger partial charge in [0.1, 0.15) is 0 Å². The first-order valence-electron chi connectivity index (χ1n) is 8.47. The van der Waals surface area contributed by atoms with Gasteiger partial charge in [-0.05, 0) is 36.5 Å². The van der Waals surface area contributed by atoms with Crippen molar-refractivity contribution in [1.29, 1.82) is 0 Å². The smallest absolute Gasteiger partial charge is 0.282 e. The first-order valence-corrected chi connectivity index (χ1v) is 8.47. The first-order chi connectivity index (χ1) is 12.1. The van der Waals surface area contributed by atoms with Gasteiger partial charge in [-0.1, -0.05) is 61.9 Å². The molecule has 0 saturated heterocycles. The first kappa shape index (κ1) is 18.6. The molecule has 0 N–H and O–H groups in total. The van der Waals surface area contributed by atoms with E-state index in [1.165, 1.54) is 7.11 Å². The highest BCUT2D eigenvalue weighted by Gasteiger charge is 2.21. The van der Waals surface area contributed by atoms with Crippen molar-refractivity contribution >= 4 is 17.9 Å². The maximum absolute atomic E-state index is 13.0. The number of rotatable bonds is 6. The van der Waals surface area contributed by atoms with Gasteiger partial charge in [0, 0.05) is 5.56 Å². The lowest BCUT2D eigenvalue weighted by atomic mass is 9.92. The lowest BCUT2D eigenvalue weighted by molar-refractivity contribution is 0.103. The fraction of sp³-hybridized carbons (Fsp3) is 0.286. The van der Waals surface area contributed by atoms with Crippen LogP contribution < -0.4 is 0 Å². The van der Waals surface area contributed by atoms with Crippen LogP contribution >= 0.6 is 0 Å². The summed E-state index contributed by atoms with van der Waals surface area (Å²) in [5, 5.41) is 8.01. The number of hydrogen-bond donors (Lipinski definition) is 0. The minimum atomic E-state index is -0.221. The van der Waals surface area contributed by atoms with E-state index in [-0.39, 0.29) is 11.7 Å². The van der Waals surface area contributed by atoms with Crippen molar-refractivity contribution in [3.8, 4) is 0 Å². The largest absolute Gasteiger partial charge is 0.477 e. The molecule has 0 radical (unpaired) electrons. The molecule has 2 rings (SSSR count). The number of benzene rings is 2. The van der Waals surface area contributed by atoms with Gasteiger partial charge in [0.15, 0.2) is 0 Å². The Kier molecular flexibility index (Phi) is 6.63. The van der Waals surface area contributed by atoms with Crippen LogP contribution in [0, 0.1) is 6.92 Å². The van der Waals surface area contributed by atoms with E-state index in [0.29, 0.717) is 5.56 Å². The van der Waals surface area contributed by atoms with E-state index < -0.39 is 0 Å². The average molecular weight is 336 g/mol. The fourth-order valence-corrected chi connectivity index (χ4v) is 2.76. The van der Waals surface area contributed by atoms with Crippen LogP contribution in [0.2, 0.25) is 0 Å². The van der Waals surface area contributed by atoms with Gasteiger partial charge < -0.3 is 4.74 Å². The van der Waals surface area contributed by atoms with E-state index in [1.807, 2.05) is 63.2 Å². The molecule has 0 saturated carbocycles. The van der Waals surface area contributed by atoms with Gasteiger partial charge in [0.25, 0.3) is 5.90 Å². The predicted octanol–water partition coefficient (Wildman–Crippen LogP) is 4.38. The monoisotopic (exact) mass is 336 g/mol. The molecule has 0 atom stereocenters. The average Bonchev–Trinajstić information content (AvgIpc) is 2.64. The lowest BCUT2D eigenvalue weighted by Crippen LogP contribution is -2.20. The van der Waals surface area contributed by atoms with E-state index in [0.717, 1.165) is 35.1 Å². The molecule has 0 aliphatic rings. The number of ketones is 1. The highest BCUT2D eigenvalue weighted by molar-refractivity contribution is 6.43. The molecule has 2 aromatic carbocycles. The maximum atomic E-state index is 13.0. The van der Waals surface area contributed by atoms with Gasteiger partial charge >= 0.3 is 0 Å². The molecule has 0 bridgehead atoms. The normalized spacial score (nSPS) is 11.8. The van der Waals surface area contributed by atoms with Crippen molar-refractivity contribution < 1.29 is 9.53 Å². The molecule has 130 valence electrons. The van der Waals surface area contributed by atoms with Crippen LogP contribution in [0.15, 0.2) is 52.7 Å². The molecule has 2 aromatic rings. The summed E-state index contributed by atoms with van der Waals surface area (Å²) >= 11 is 0. The fourth-order valence-electron chi connectivity index (χ4n) is 2.76. The van der Waals surface area contributed by atoms with Gasteiger partial charge in [0.05, 0.1) is 13.3 Å². The van der Waals surface area contributed by atoms with E-state index in [4.69, 9.17) is 4.74 Å². The maximum Gasteiger partial charge on any atom is 0.282 e. The van der Waals surface area contributed by atoms with Gasteiger partial charge in [0.2, 0.25) is 5.78 Å². The second kappa shape index (κ2) is 8.92. The van der Waals surface area contributed by atoms with Crippen molar-refractivity contribution in [2.24, 2.45) is 10.2 Å². The molecular formula is C21H24N2O2. The van der Waals surface area contributed by atoms with E-state index in [1.54, 1.807) is 6.21 Å². The summed E-state index contributed by atoms with van der Waals surface area (Å²) in [4.78, 5) is 13.0. The number of ether oxygens (including phenoxy) is 1. The van der Waals surface area contributed by atoms with Crippen molar-refractivity contribution in [1.82, 2.24) is 0 Å². The SMILES string of the molecule is CCc1cc(C)cc(CC)c1C(=O)/C(=N/N=C/c1ccccc1)OC. The molecule has 0 aliphatic carbocycles. The molecule has 0 amide bonds. The molecule has 4 heteroatoms. The number of carbonyl (C=O) groups excluding carboxylic acids is 1. The summed E-state index contributed by atoms with van der Waals surface area (Å²) in [5.41, 5.74) is 4.78. The summed E-state index contributed by atoms with van der Waals surface area (Å²) < 4.78 is 5.22. The zero-order valence-corrected chi connectivity index (χ0v) is 15.2. The van der Waals surface area contributed by atoms with Crippen molar-refractivity contribution in [2.75, 3.05) is 7.11 Å². The molecule has 0 spiro atoms. The molecule has 4 nitrogen and oxygen atoms in total. The highest BCUT2D eigenvalue weighted by Crippen LogP contribution is 2.20. The van der Waals surface area contributed by atoms with Crippen molar-refractivity contribution in [2.45, 2.75) is 33.6 Å². The molecule has 0 fully saturated rings. The minimum Gasteiger partial charge on any atom is -0.477 e. The Morgan fingerprint density at radius 3 is 2.20 bits per heavy atom. The quantitative estimate of drug-likeness (QED) is 0.340. The number of carbonyl (C=O) groups is 1. The Morgan fingerprint density at radius 1 is 1.08 bits per heavy atom. The molecule has 0 aliphatic heterocycles. The van der Waals surface area contributed by atoms with Crippen LogP contribution in [-0.4, -0.2) is 25.0 Å². The summed E-state index contributed by atoms with van der Waals surface area (Å²) in [6, 6.07) is 13.7. The van der Waals surface area contributed by atoms with E-state index in [2.05, 4.69) is 10.2 Å². The molecule has 0 heterocycles. The van der Waals surface area contributed by atoms with Crippen LogP contribution in [0.4, 0.5) is 0 Å². The lowest BCUT2D eigenvalue weighted by Gasteiger charge is -2.13. The Labute approximate surface area is 149 Å². The molecule has 25 heavy (non-hydrogen) atoms. The third kappa shape index (κ3) is 4.63. The van der Waals surface area contributed by atoms with Crippen LogP contribution in [0.25, 0.3) is 0 Å². The standard InChI is InChI=1S/C21H24N2O2/c1-5-17-12-15(3)13-18(6-2)19(17)20(24)21(25-4)23-22-14-16-10-8-7-9-11-16/h7-14H,5-6H2,1-4H3/b22-14+,23-21-. The molecule has 0 unspecified atom stereocenters. The third-order valence-corrected chi connectivity index (χ3v) is 3.98. The summed E-state index contributed by atoms with van der Waals surface area (Å²) in [6.07, 6.45) is 3.16. The Balaban J connectivity index is 2.37. The second-order valence-corrected chi connectivity index (χ2v) is 5.76. The van der Waals surface area contributed by atoms with Crippen LogP contribution in [0.3, 0.4) is 0 Å². The van der Waals surface area contributed by atoms with Gasteiger partial charge in [-0.15, -0.1) is 5.10 Å². The minimum absolute atomic E-state index is 0.000402. The number of Topliss-reactive ketones (excluding diaryl/α,β-unsaturated/α-hetero) is 1. The van der Waals surface area contributed by atoms with Gasteiger partial charge in [-0.25, -0.2) is 0 Å². The zero-order chi connectivity index (χ0) is 18.2. The summed E-state index contributed by atoms with van der Waals surface area (Å²) in [7, 11) is 1.44. The second-order valence-electron chi connectivity index (χ2n) is 5.76. The summed E-state index contributed by atoms with van der Waals surface area (Å²) in [5.74, 6) is -0.221. The summed E-state index contributed by atoms with van der Waals surface area (Å²) in [6.45, 7) is 6.13. The van der Waals surface area contributed by atoms with Gasteiger partial charge in [-0.3, -0.25) is 4.79 Å².